The van der Waals surface area contributed by atoms with E-state index in [0.29, 0.717) is 17.1 Å². The molecule has 0 saturated heterocycles. The number of carboxylic acid groups (broad SMARTS) is 1. The molecule has 0 aromatic carbocycles. The number of rotatable bonds is 5. The lowest BCUT2D eigenvalue weighted by atomic mass is 10.1. The Kier molecular flexibility index (Phi) is 3.83. The Hall–Kier alpha value is -2.64. The van der Waals surface area contributed by atoms with Gasteiger partial charge in [0.15, 0.2) is 0 Å². The average molecular weight is 278 g/mol. The van der Waals surface area contributed by atoms with Crippen molar-refractivity contribution in [3.63, 3.8) is 0 Å². The maximum absolute atomic E-state index is 11.9. The topological polar surface area (TPSA) is 110 Å². The smallest absolute Gasteiger partial charge is 0.325 e. The van der Waals surface area contributed by atoms with Crippen molar-refractivity contribution in [2.45, 2.75) is 26.8 Å². The zero-order valence-electron chi connectivity index (χ0n) is 11.1. The molecular formula is C12H14N4O4. The Morgan fingerprint density at radius 3 is 2.80 bits per heavy atom. The van der Waals surface area contributed by atoms with Gasteiger partial charge in [0.1, 0.15) is 12.3 Å². The number of aryl methyl sites for hydroxylation is 2. The second-order valence-electron chi connectivity index (χ2n) is 4.35. The number of carbonyl (C=O) groups is 2. The van der Waals surface area contributed by atoms with Crippen molar-refractivity contribution in [1.29, 1.82) is 0 Å². The van der Waals surface area contributed by atoms with Gasteiger partial charge in [-0.3, -0.25) is 14.3 Å². The maximum atomic E-state index is 11.9. The Morgan fingerprint density at radius 2 is 2.20 bits per heavy atom. The molecule has 0 atom stereocenters. The van der Waals surface area contributed by atoms with Gasteiger partial charge in [-0.05, 0) is 13.8 Å². The highest BCUT2D eigenvalue weighted by Gasteiger charge is 2.14. The van der Waals surface area contributed by atoms with Gasteiger partial charge < -0.3 is 14.9 Å². The number of aliphatic carboxylic acids is 1. The fraction of sp³-hybridized carbons (Fsp3) is 0.333. The molecule has 0 aliphatic carbocycles. The average Bonchev–Trinajstić information content (AvgIpc) is 2.90. The van der Waals surface area contributed by atoms with Crippen LogP contribution >= 0.6 is 0 Å². The third kappa shape index (κ3) is 3.22. The van der Waals surface area contributed by atoms with Crippen molar-refractivity contribution in [2.24, 2.45) is 0 Å². The minimum atomic E-state index is -0.998. The van der Waals surface area contributed by atoms with Crippen LogP contribution in [-0.2, 0) is 22.6 Å². The summed E-state index contributed by atoms with van der Waals surface area (Å²) in [6.07, 6.45) is 3.00. The second kappa shape index (κ2) is 5.55. The van der Waals surface area contributed by atoms with Gasteiger partial charge in [0.05, 0.1) is 24.0 Å². The molecule has 2 N–H and O–H groups in total. The van der Waals surface area contributed by atoms with E-state index >= 15 is 0 Å². The van der Waals surface area contributed by atoms with Crippen molar-refractivity contribution in [3.8, 4) is 0 Å². The van der Waals surface area contributed by atoms with Crippen LogP contribution in [-0.4, -0.2) is 31.9 Å². The highest BCUT2D eigenvalue weighted by Crippen LogP contribution is 2.14. The van der Waals surface area contributed by atoms with E-state index in [9.17, 15) is 9.59 Å². The van der Waals surface area contributed by atoms with Crippen molar-refractivity contribution >= 4 is 17.6 Å². The normalized spacial score (nSPS) is 10.5. The molecule has 0 radical (unpaired) electrons. The molecule has 0 saturated carbocycles. The number of hydrogen-bond donors (Lipinski definition) is 2. The van der Waals surface area contributed by atoms with Gasteiger partial charge >= 0.3 is 5.97 Å². The summed E-state index contributed by atoms with van der Waals surface area (Å²) in [5.41, 5.74) is 1.88. The molecule has 0 aliphatic heterocycles. The third-order valence-corrected chi connectivity index (χ3v) is 2.73. The summed E-state index contributed by atoms with van der Waals surface area (Å²) in [7, 11) is 0. The van der Waals surface area contributed by atoms with E-state index in [-0.39, 0.29) is 18.9 Å². The van der Waals surface area contributed by atoms with E-state index in [2.05, 4.69) is 15.6 Å². The fourth-order valence-electron chi connectivity index (χ4n) is 1.77. The van der Waals surface area contributed by atoms with Crippen molar-refractivity contribution in [3.05, 3.63) is 29.4 Å². The molecule has 8 nitrogen and oxygen atoms in total. The van der Waals surface area contributed by atoms with E-state index < -0.39 is 5.97 Å². The van der Waals surface area contributed by atoms with E-state index in [1.165, 1.54) is 17.1 Å². The summed E-state index contributed by atoms with van der Waals surface area (Å²) < 4.78 is 6.21. The number of aromatic nitrogens is 3. The van der Waals surface area contributed by atoms with Crippen molar-refractivity contribution in [2.75, 3.05) is 5.32 Å². The minimum Gasteiger partial charge on any atom is -0.480 e. The summed E-state index contributed by atoms with van der Waals surface area (Å²) in [5, 5.41) is 18.9. The van der Waals surface area contributed by atoms with Crippen LogP contribution in [0, 0.1) is 13.8 Å². The van der Waals surface area contributed by atoms with E-state index in [1.54, 1.807) is 13.8 Å². The summed E-state index contributed by atoms with van der Waals surface area (Å²) in [6.45, 7) is 3.26. The van der Waals surface area contributed by atoms with Gasteiger partial charge in [-0.1, -0.05) is 5.16 Å². The molecule has 8 heteroatoms. The highest BCUT2D eigenvalue weighted by molar-refractivity contribution is 5.92. The molecule has 2 aromatic heterocycles. The number of carboxylic acids is 1. The van der Waals surface area contributed by atoms with Crippen LogP contribution < -0.4 is 5.32 Å². The lowest BCUT2D eigenvalue weighted by Crippen LogP contribution is -2.15. The lowest BCUT2D eigenvalue weighted by molar-refractivity contribution is -0.137. The van der Waals surface area contributed by atoms with Gasteiger partial charge in [0.2, 0.25) is 5.91 Å². The first-order valence-electron chi connectivity index (χ1n) is 5.91. The first-order valence-corrected chi connectivity index (χ1v) is 5.91. The molecule has 0 fully saturated rings. The maximum Gasteiger partial charge on any atom is 0.325 e. The molecule has 0 spiro atoms. The van der Waals surface area contributed by atoms with Gasteiger partial charge in [-0.25, -0.2) is 0 Å². The van der Waals surface area contributed by atoms with Crippen LogP contribution in [0.5, 0.6) is 0 Å². The molecule has 0 aliphatic rings. The van der Waals surface area contributed by atoms with Gasteiger partial charge in [-0.2, -0.15) is 5.10 Å². The minimum absolute atomic E-state index is 0.144. The summed E-state index contributed by atoms with van der Waals surface area (Å²) in [5.74, 6) is -0.629. The monoisotopic (exact) mass is 278 g/mol. The number of hydrogen-bond acceptors (Lipinski definition) is 5. The van der Waals surface area contributed by atoms with Crippen molar-refractivity contribution in [1.82, 2.24) is 14.9 Å². The molecule has 106 valence electrons. The molecule has 0 unspecified atom stereocenters. The standard InChI is InChI=1S/C12H14N4O4/c1-7-10(8(2)20-15-7)3-11(17)14-9-4-13-16(5-9)6-12(18)19/h4-5H,3,6H2,1-2H3,(H,14,17)(H,18,19). The molecule has 1 amide bonds. The van der Waals surface area contributed by atoms with E-state index in [1.807, 2.05) is 0 Å². The van der Waals surface area contributed by atoms with Crippen LogP contribution in [0.25, 0.3) is 0 Å². The fourth-order valence-corrected chi connectivity index (χ4v) is 1.77. The number of carbonyl (C=O) groups excluding carboxylic acids is 1. The second-order valence-corrected chi connectivity index (χ2v) is 4.35. The van der Waals surface area contributed by atoms with Gasteiger partial charge in [0.25, 0.3) is 0 Å². The summed E-state index contributed by atoms with van der Waals surface area (Å²) >= 11 is 0. The van der Waals surface area contributed by atoms with E-state index in [4.69, 9.17) is 9.63 Å². The zero-order valence-corrected chi connectivity index (χ0v) is 11.1. The van der Waals surface area contributed by atoms with Gasteiger partial charge in [0, 0.05) is 11.8 Å². The predicted molar refractivity (Wildman–Crippen MR) is 68.2 cm³/mol. The number of nitrogens with one attached hydrogen (secondary N) is 1. The van der Waals surface area contributed by atoms with Crippen LogP contribution in [0.4, 0.5) is 5.69 Å². The molecule has 2 aromatic rings. The highest BCUT2D eigenvalue weighted by atomic mass is 16.5. The molecular weight excluding hydrogens is 264 g/mol. The first kappa shape index (κ1) is 13.8. The van der Waals surface area contributed by atoms with Crippen molar-refractivity contribution < 1.29 is 19.2 Å². The number of nitrogens with zero attached hydrogens (tertiary/aromatic N) is 3. The lowest BCUT2D eigenvalue weighted by Gasteiger charge is -2.01. The number of amides is 1. The zero-order chi connectivity index (χ0) is 14.7. The number of anilines is 1. The van der Waals surface area contributed by atoms with Crippen LogP contribution in [0.1, 0.15) is 17.0 Å². The predicted octanol–water partition coefficient (Wildman–Crippen LogP) is 0.754. The summed E-state index contributed by atoms with van der Waals surface area (Å²) in [6, 6.07) is 0. The Morgan fingerprint density at radius 1 is 1.45 bits per heavy atom. The Balaban J connectivity index is 1.98. The largest absolute Gasteiger partial charge is 0.480 e. The molecule has 20 heavy (non-hydrogen) atoms. The SMILES string of the molecule is Cc1noc(C)c1CC(=O)Nc1cnn(CC(=O)O)c1. The van der Waals surface area contributed by atoms with Crippen LogP contribution in [0.15, 0.2) is 16.9 Å². The summed E-state index contributed by atoms with van der Waals surface area (Å²) in [4.78, 5) is 22.4. The third-order valence-electron chi connectivity index (χ3n) is 2.73. The quantitative estimate of drug-likeness (QED) is 0.835. The first-order chi connectivity index (χ1) is 9.45. The van der Waals surface area contributed by atoms with Crippen LogP contribution in [0.3, 0.4) is 0 Å². The van der Waals surface area contributed by atoms with E-state index in [0.717, 1.165) is 5.56 Å². The Labute approximate surface area is 114 Å². The molecule has 0 bridgehead atoms. The van der Waals surface area contributed by atoms with Gasteiger partial charge in [-0.15, -0.1) is 0 Å². The Bertz CT molecular complexity index is 624. The molecule has 2 rings (SSSR count). The van der Waals surface area contributed by atoms with Crippen LogP contribution in [0.2, 0.25) is 0 Å². The molecule has 2 heterocycles.